The van der Waals surface area contributed by atoms with E-state index in [-0.39, 0.29) is 17.8 Å². The van der Waals surface area contributed by atoms with Crippen molar-refractivity contribution in [1.29, 1.82) is 0 Å². The summed E-state index contributed by atoms with van der Waals surface area (Å²) in [5.74, 6) is 0.507. The molecule has 1 nitrogen and oxygen atoms in total. The van der Waals surface area contributed by atoms with Crippen molar-refractivity contribution < 1.29 is 0 Å². The highest BCUT2D eigenvalue weighted by molar-refractivity contribution is 6.42. The molecule has 0 saturated heterocycles. The van der Waals surface area contributed by atoms with Crippen LogP contribution >= 0.6 is 35.6 Å². The highest BCUT2D eigenvalue weighted by Gasteiger charge is 2.55. The lowest BCUT2D eigenvalue weighted by Crippen LogP contribution is -2.25. The lowest BCUT2D eigenvalue weighted by molar-refractivity contribution is 0.605. The summed E-state index contributed by atoms with van der Waals surface area (Å²) in [4.78, 5) is 0. The van der Waals surface area contributed by atoms with Gasteiger partial charge in [-0.2, -0.15) is 0 Å². The number of benzene rings is 2. The molecule has 1 fully saturated rings. The van der Waals surface area contributed by atoms with Crippen molar-refractivity contribution in [2.24, 2.45) is 0 Å². The average Bonchev–Trinajstić information content (AvgIpc) is 3.19. The van der Waals surface area contributed by atoms with Crippen LogP contribution in [-0.4, -0.2) is 13.6 Å². The highest BCUT2D eigenvalue weighted by atomic mass is 35.5. The third kappa shape index (κ3) is 3.07. The second kappa shape index (κ2) is 6.58. The van der Waals surface area contributed by atoms with Gasteiger partial charge in [0, 0.05) is 12.0 Å². The van der Waals surface area contributed by atoms with E-state index in [1.54, 1.807) is 0 Å². The van der Waals surface area contributed by atoms with Crippen molar-refractivity contribution in [3.8, 4) is 0 Å². The summed E-state index contributed by atoms with van der Waals surface area (Å²) in [5.41, 5.74) is 2.86. The second-order valence-electron chi connectivity index (χ2n) is 5.48. The molecule has 0 aromatic heterocycles. The Bertz CT molecular complexity index is 615. The summed E-state index contributed by atoms with van der Waals surface area (Å²) < 4.78 is 0. The van der Waals surface area contributed by atoms with Crippen molar-refractivity contribution in [3.05, 3.63) is 69.7 Å². The molecule has 21 heavy (non-hydrogen) atoms. The Kier molecular flexibility index (Phi) is 5.21. The SMILES string of the molecule is CNC[C@]1(c2ccccc2)C[C@H]1c1ccc(Cl)c(Cl)c1.Cl. The molecule has 0 amide bonds. The Labute approximate surface area is 142 Å². The number of hydrogen-bond acceptors (Lipinski definition) is 1. The molecule has 0 aliphatic heterocycles. The van der Waals surface area contributed by atoms with Crippen molar-refractivity contribution in [2.45, 2.75) is 17.8 Å². The summed E-state index contributed by atoms with van der Waals surface area (Å²) >= 11 is 12.2. The molecule has 0 spiro atoms. The van der Waals surface area contributed by atoms with Gasteiger partial charge in [0.05, 0.1) is 10.0 Å². The normalized spacial score (nSPS) is 23.5. The van der Waals surface area contributed by atoms with E-state index in [9.17, 15) is 0 Å². The molecule has 1 aliphatic carbocycles. The van der Waals surface area contributed by atoms with Crippen molar-refractivity contribution >= 4 is 35.6 Å². The molecule has 0 heterocycles. The zero-order chi connectivity index (χ0) is 14.2. The van der Waals surface area contributed by atoms with E-state index in [1.165, 1.54) is 11.1 Å². The minimum atomic E-state index is 0. The van der Waals surface area contributed by atoms with Gasteiger partial charge in [-0.3, -0.25) is 0 Å². The van der Waals surface area contributed by atoms with Crippen LogP contribution in [0.1, 0.15) is 23.5 Å². The first kappa shape index (κ1) is 16.6. The fraction of sp³-hybridized carbons (Fsp3) is 0.294. The zero-order valence-electron chi connectivity index (χ0n) is 11.8. The van der Waals surface area contributed by atoms with Crippen LogP contribution in [0.4, 0.5) is 0 Å². The van der Waals surface area contributed by atoms with Crippen LogP contribution in [0.15, 0.2) is 48.5 Å². The maximum absolute atomic E-state index is 6.15. The monoisotopic (exact) mass is 341 g/mol. The van der Waals surface area contributed by atoms with E-state index in [4.69, 9.17) is 23.2 Å². The van der Waals surface area contributed by atoms with Gasteiger partial charge in [-0.05, 0) is 42.6 Å². The Balaban J connectivity index is 0.00000161. The molecule has 1 aliphatic rings. The summed E-state index contributed by atoms with van der Waals surface area (Å²) in [5, 5.41) is 4.60. The fourth-order valence-electron chi connectivity index (χ4n) is 3.17. The van der Waals surface area contributed by atoms with Gasteiger partial charge in [0.1, 0.15) is 0 Å². The molecule has 112 valence electrons. The van der Waals surface area contributed by atoms with E-state index in [0.717, 1.165) is 13.0 Å². The van der Waals surface area contributed by atoms with Gasteiger partial charge in [0.2, 0.25) is 0 Å². The number of nitrogens with one attached hydrogen (secondary N) is 1. The van der Waals surface area contributed by atoms with Crippen LogP contribution < -0.4 is 5.32 Å². The van der Waals surface area contributed by atoms with Crippen LogP contribution in [0, 0.1) is 0 Å². The Morgan fingerprint density at radius 2 is 1.81 bits per heavy atom. The fourth-order valence-corrected chi connectivity index (χ4v) is 3.48. The van der Waals surface area contributed by atoms with Gasteiger partial charge in [0.25, 0.3) is 0 Å². The van der Waals surface area contributed by atoms with Crippen molar-refractivity contribution in [3.63, 3.8) is 0 Å². The molecular formula is C17H18Cl3N. The summed E-state index contributed by atoms with van der Waals surface area (Å²) in [6.45, 7) is 0.974. The molecule has 4 heteroatoms. The lowest BCUT2D eigenvalue weighted by atomic mass is 9.90. The standard InChI is InChI=1S/C17H17Cl2N.ClH/c1-20-11-17(13-5-3-2-4-6-13)10-14(17)12-7-8-15(18)16(19)9-12;/h2-9,14,20H,10-11H2,1H3;1H/t14-,17-;/m0./s1. The van der Waals surface area contributed by atoms with E-state index >= 15 is 0 Å². The Hall–Kier alpha value is -0.730. The first-order chi connectivity index (χ1) is 9.67. The van der Waals surface area contributed by atoms with E-state index in [0.29, 0.717) is 16.0 Å². The maximum Gasteiger partial charge on any atom is 0.0595 e. The molecular weight excluding hydrogens is 325 g/mol. The van der Waals surface area contributed by atoms with Gasteiger partial charge >= 0.3 is 0 Å². The van der Waals surface area contributed by atoms with E-state index < -0.39 is 0 Å². The molecule has 0 bridgehead atoms. The lowest BCUT2D eigenvalue weighted by Gasteiger charge is -2.18. The molecule has 1 N–H and O–H groups in total. The number of rotatable bonds is 4. The summed E-state index contributed by atoms with van der Waals surface area (Å²) in [6.07, 6.45) is 1.15. The Morgan fingerprint density at radius 1 is 1.10 bits per heavy atom. The second-order valence-corrected chi connectivity index (χ2v) is 6.30. The van der Waals surface area contributed by atoms with Crippen LogP contribution in [0.2, 0.25) is 10.0 Å². The molecule has 2 aromatic carbocycles. The van der Waals surface area contributed by atoms with E-state index in [2.05, 4.69) is 41.7 Å². The third-order valence-electron chi connectivity index (χ3n) is 4.26. The first-order valence-corrected chi connectivity index (χ1v) is 7.58. The zero-order valence-corrected chi connectivity index (χ0v) is 14.1. The Morgan fingerprint density at radius 3 is 2.43 bits per heavy atom. The third-order valence-corrected chi connectivity index (χ3v) is 5.00. The number of likely N-dealkylation sites (N-methyl/N-ethyl adjacent to an activating group) is 1. The molecule has 2 atom stereocenters. The summed E-state index contributed by atoms with van der Waals surface area (Å²) in [7, 11) is 2.01. The largest absolute Gasteiger partial charge is 0.319 e. The quantitative estimate of drug-likeness (QED) is 0.819. The van der Waals surface area contributed by atoms with Gasteiger partial charge in [0.15, 0.2) is 0 Å². The van der Waals surface area contributed by atoms with Gasteiger partial charge < -0.3 is 5.32 Å². The minimum Gasteiger partial charge on any atom is -0.319 e. The van der Waals surface area contributed by atoms with Crippen LogP contribution in [0.5, 0.6) is 0 Å². The van der Waals surface area contributed by atoms with Crippen molar-refractivity contribution in [2.75, 3.05) is 13.6 Å². The molecule has 0 radical (unpaired) electrons. The maximum atomic E-state index is 6.15. The van der Waals surface area contributed by atoms with Gasteiger partial charge in [-0.25, -0.2) is 0 Å². The topological polar surface area (TPSA) is 12.0 Å². The van der Waals surface area contributed by atoms with Crippen LogP contribution in [-0.2, 0) is 5.41 Å². The summed E-state index contributed by atoms with van der Waals surface area (Å²) in [6, 6.07) is 16.7. The molecule has 0 unspecified atom stereocenters. The number of hydrogen-bond donors (Lipinski definition) is 1. The van der Waals surface area contributed by atoms with Gasteiger partial charge in [-0.15, -0.1) is 12.4 Å². The van der Waals surface area contributed by atoms with Gasteiger partial charge in [-0.1, -0.05) is 59.6 Å². The van der Waals surface area contributed by atoms with Crippen LogP contribution in [0.25, 0.3) is 0 Å². The first-order valence-electron chi connectivity index (χ1n) is 6.82. The number of halogens is 3. The molecule has 3 rings (SSSR count). The smallest absolute Gasteiger partial charge is 0.0595 e. The van der Waals surface area contributed by atoms with Crippen molar-refractivity contribution in [1.82, 2.24) is 5.32 Å². The van der Waals surface area contributed by atoms with Crippen LogP contribution in [0.3, 0.4) is 0 Å². The predicted molar refractivity (Wildman–Crippen MR) is 93.1 cm³/mol. The average molecular weight is 343 g/mol. The molecule has 2 aromatic rings. The minimum absolute atomic E-state index is 0. The molecule has 1 saturated carbocycles. The van der Waals surface area contributed by atoms with E-state index in [1.807, 2.05) is 19.2 Å². The highest BCUT2D eigenvalue weighted by Crippen LogP contribution is 2.60. The predicted octanol–water partition coefficient (Wildman–Crippen LogP) is 5.06.